The fourth-order valence-corrected chi connectivity index (χ4v) is 2.93. The lowest BCUT2D eigenvalue weighted by Gasteiger charge is -2.35. The maximum Gasteiger partial charge on any atom is 0.142 e. The van der Waals surface area contributed by atoms with Crippen LogP contribution in [-0.4, -0.2) is 12.1 Å². The van der Waals surface area contributed by atoms with E-state index in [2.05, 4.69) is 51.2 Å². The molecule has 106 valence electrons. The van der Waals surface area contributed by atoms with Crippen LogP contribution in [0.15, 0.2) is 24.3 Å². The Bertz CT molecular complexity index is 402. The van der Waals surface area contributed by atoms with E-state index in [1.807, 2.05) is 6.07 Å². The van der Waals surface area contributed by atoms with Crippen molar-refractivity contribution < 1.29 is 4.74 Å². The van der Waals surface area contributed by atoms with Gasteiger partial charge in [0.1, 0.15) is 5.75 Å². The summed E-state index contributed by atoms with van der Waals surface area (Å²) in [7, 11) is 0. The Morgan fingerprint density at radius 1 is 1.16 bits per heavy atom. The molecular weight excluding hydrogens is 234 g/mol. The van der Waals surface area contributed by atoms with Crippen LogP contribution in [0.3, 0.4) is 0 Å². The SMILES string of the molecule is CC(C)Oc1ccccc1NC1CCCC(C)C1C. The molecule has 1 fully saturated rings. The third-order valence-corrected chi connectivity index (χ3v) is 4.30. The van der Waals surface area contributed by atoms with Crippen LogP contribution in [0.4, 0.5) is 5.69 Å². The van der Waals surface area contributed by atoms with Crippen LogP contribution in [0.2, 0.25) is 0 Å². The molecule has 0 aromatic heterocycles. The van der Waals surface area contributed by atoms with Crippen LogP contribution >= 0.6 is 0 Å². The molecule has 1 N–H and O–H groups in total. The summed E-state index contributed by atoms with van der Waals surface area (Å²) in [5.41, 5.74) is 1.14. The second kappa shape index (κ2) is 6.31. The van der Waals surface area contributed by atoms with E-state index in [1.165, 1.54) is 19.3 Å². The normalized spacial score (nSPS) is 27.3. The van der Waals surface area contributed by atoms with Gasteiger partial charge in [0, 0.05) is 6.04 Å². The fourth-order valence-electron chi connectivity index (χ4n) is 2.93. The number of hydrogen-bond acceptors (Lipinski definition) is 2. The molecule has 1 saturated carbocycles. The maximum absolute atomic E-state index is 5.89. The van der Waals surface area contributed by atoms with E-state index in [-0.39, 0.29) is 6.10 Å². The summed E-state index contributed by atoms with van der Waals surface area (Å²) in [6.45, 7) is 8.88. The number of rotatable bonds is 4. The van der Waals surface area contributed by atoms with E-state index in [0.717, 1.165) is 23.3 Å². The first-order valence-corrected chi connectivity index (χ1v) is 7.60. The Kier molecular flexibility index (Phi) is 4.73. The quantitative estimate of drug-likeness (QED) is 0.847. The Morgan fingerprint density at radius 2 is 1.89 bits per heavy atom. The van der Waals surface area contributed by atoms with Crippen molar-refractivity contribution in [3.8, 4) is 5.75 Å². The molecule has 1 aromatic rings. The van der Waals surface area contributed by atoms with E-state index in [1.54, 1.807) is 0 Å². The molecule has 1 aromatic carbocycles. The monoisotopic (exact) mass is 261 g/mol. The van der Waals surface area contributed by atoms with Gasteiger partial charge in [-0.05, 0) is 44.2 Å². The average molecular weight is 261 g/mol. The molecule has 0 radical (unpaired) electrons. The summed E-state index contributed by atoms with van der Waals surface area (Å²) in [5, 5.41) is 3.71. The van der Waals surface area contributed by atoms with E-state index < -0.39 is 0 Å². The zero-order chi connectivity index (χ0) is 13.8. The summed E-state index contributed by atoms with van der Waals surface area (Å²) in [5.74, 6) is 2.51. The third-order valence-electron chi connectivity index (χ3n) is 4.30. The highest BCUT2D eigenvalue weighted by Crippen LogP contribution is 2.34. The second-order valence-corrected chi connectivity index (χ2v) is 6.18. The average Bonchev–Trinajstić information content (AvgIpc) is 2.36. The molecule has 1 aliphatic carbocycles. The first-order valence-electron chi connectivity index (χ1n) is 7.60. The molecule has 2 rings (SSSR count). The smallest absolute Gasteiger partial charge is 0.142 e. The van der Waals surface area contributed by atoms with Crippen molar-refractivity contribution >= 4 is 5.69 Å². The van der Waals surface area contributed by atoms with Crippen LogP contribution in [0.5, 0.6) is 5.75 Å². The maximum atomic E-state index is 5.89. The van der Waals surface area contributed by atoms with Crippen molar-refractivity contribution in [3.05, 3.63) is 24.3 Å². The van der Waals surface area contributed by atoms with Gasteiger partial charge in [0.2, 0.25) is 0 Å². The van der Waals surface area contributed by atoms with Gasteiger partial charge in [0.05, 0.1) is 11.8 Å². The lowest BCUT2D eigenvalue weighted by atomic mass is 9.78. The third kappa shape index (κ3) is 3.65. The van der Waals surface area contributed by atoms with Gasteiger partial charge in [0.25, 0.3) is 0 Å². The molecular formula is C17H27NO. The lowest BCUT2D eigenvalue weighted by molar-refractivity contribution is 0.238. The molecule has 0 spiro atoms. The largest absolute Gasteiger partial charge is 0.489 e. The van der Waals surface area contributed by atoms with E-state index in [0.29, 0.717) is 6.04 Å². The topological polar surface area (TPSA) is 21.3 Å². The summed E-state index contributed by atoms with van der Waals surface area (Å²) in [6, 6.07) is 8.87. The lowest BCUT2D eigenvalue weighted by Crippen LogP contribution is -2.35. The minimum atomic E-state index is 0.214. The zero-order valence-corrected chi connectivity index (χ0v) is 12.6. The fraction of sp³-hybridized carbons (Fsp3) is 0.647. The molecule has 1 aliphatic rings. The summed E-state index contributed by atoms with van der Waals surface area (Å²) in [6.07, 6.45) is 4.17. The van der Waals surface area contributed by atoms with Crippen LogP contribution in [0.1, 0.15) is 47.0 Å². The van der Waals surface area contributed by atoms with Gasteiger partial charge in [-0.3, -0.25) is 0 Å². The van der Waals surface area contributed by atoms with Crippen molar-refractivity contribution in [2.24, 2.45) is 11.8 Å². The van der Waals surface area contributed by atoms with Gasteiger partial charge in [-0.25, -0.2) is 0 Å². The number of nitrogens with one attached hydrogen (secondary N) is 1. The number of benzene rings is 1. The predicted octanol–water partition coefficient (Wildman–Crippen LogP) is 4.71. The minimum Gasteiger partial charge on any atom is -0.489 e. The second-order valence-electron chi connectivity index (χ2n) is 6.18. The van der Waals surface area contributed by atoms with Crippen LogP contribution in [-0.2, 0) is 0 Å². The van der Waals surface area contributed by atoms with Crippen molar-refractivity contribution in [1.29, 1.82) is 0 Å². The highest BCUT2D eigenvalue weighted by atomic mass is 16.5. The molecule has 0 aliphatic heterocycles. The highest BCUT2D eigenvalue weighted by Gasteiger charge is 2.27. The van der Waals surface area contributed by atoms with Crippen molar-refractivity contribution in [3.63, 3.8) is 0 Å². The molecule has 2 nitrogen and oxygen atoms in total. The predicted molar refractivity (Wildman–Crippen MR) is 81.8 cm³/mol. The number of anilines is 1. The Hall–Kier alpha value is -1.18. The van der Waals surface area contributed by atoms with Crippen LogP contribution < -0.4 is 10.1 Å². The standard InChI is InChI=1S/C17H27NO/c1-12(2)19-17-11-6-5-9-16(17)18-15-10-7-8-13(3)14(15)4/h5-6,9,11-15,18H,7-8,10H2,1-4H3. The first-order chi connectivity index (χ1) is 9.08. The minimum absolute atomic E-state index is 0.214. The number of hydrogen-bond donors (Lipinski definition) is 1. The molecule has 3 unspecified atom stereocenters. The van der Waals surface area contributed by atoms with Crippen LogP contribution in [0.25, 0.3) is 0 Å². The Labute approximate surface area is 117 Å². The van der Waals surface area contributed by atoms with E-state index in [9.17, 15) is 0 Å². The molecule has 3 atom stereocenters. The first kappa shape index (κ1) is 14.2. The van der Waals surface area contributed by atoms with Gasteiger partial charge in [0.15, 0.2) is 0 Å². The summed E-state index contributed by atoms with van der Waals surface area (Å²) < 4.78 is 5.89. The van der Waals surface area contributed by atoms with Gasteiger partial charge < -0.3 is 10.1 Å². The van der Waals surface area contributed by atoms with Gasteiger partial charge in [-0.2, -0.15) is 0 Å². The molecule has 19 heavy (non-hydrogen) atoms. The van der Waals surface area contributed by atoms with Crippen molar-refractivity contribution in [2.45, 2.75) is 59.1 Å². The molecule has 0 bridgehead atoms. The summed E-state index contributed by atoms with van der Waals surface area (Å²) >= 11 is 0. The van der Waals surface area contributed by atoms with Crippen LogP contribution in [0, 0.1) is 11.8 Å². The van der Waals surface area contributed by atoms with E-state index >= 15 is 0 Å². The number of para-hydroxylation sites is 2. The van der Waals surface area contributed by atoms with Gasteiger partial charge >= 0.3 is 0 Å². The molecule has 0 amide bonds. The van der Waals surface area contributed by atoms with Gasteiger partial charge in [-0.1, -0.05) is 38.8 Å². The van der Waals surface area contributed by atoms with Crippen molar-refractivity contribution in [1.82, 2.24) is 0 Å². The van der Waals surface area contributed by atoms with Gasteiger partial charge in [-0.15, -0.1) is 0 Å². The molecule has 0 saturated heterocycles. The summed E-state index contributed by atoms with van der Waals surface area (Å²) in [4.78, 5) is 0. The Morgan fingerprint density at radius 3 is 2.63 bits per heavy atom. The highest BCUT2D eigenvalue weighted by molar-refractivity contribution is 5.57. The zero-order valence-electron chi connectivity index (χ0n) is 12.6. The number of ether oxygens (including phenoxy) is 1. The molecule has 2 heteroatoms. The van der Waals surface area contributed by atoms with E-state index in [4.69, 9.17) is 4.74 Å². The Balaban J connectivity index is 2.09. The van der Waals surface area contributed by atoms with Crippen molar-refractivity contribution in [2.75, 3.05) is 5.32 Å². The molecule has 0 heterocycles.